The smallest absolute Gasteiger partial charge is 0.410 e. The number of benzene rings is 2. The van der Waals surface area contributed by atoms with Gasteiger partial charge < -0.3 is 19.3 Å². The predicted molar refractivity (Wildman–Crippen MR) is 151 cm³/mol. The van der Waals surface area contributed by atoms with Gasteiger partial charge in [0.2, 0.25) is 5.88 Å². The summed E-state index contributed by atoms with van der Waals surface area (Å²) < 4.78 is 11.0. The molecule has 3 aromatic rings. The second kappa shape index (κ2) is 11.6. The fraction of sp³-hybridized carbons (Fsp3) is 0.419. The molecule has 1 aromatic heterocycles. The topological polar surface area (TPSA) is 88.1 Å². The van der Waals surface area contributed by atoms with E-state index in [4.69, 9.17) is 9.47 Å². The average Bonchev–Trinajstić information content (AvgIpc) is 2.96. The van der Waals surface area contributed by atoms with E-state index in [9.17, 15) is 9.59 Å². The van der Waals surface area contributed by atoms with Crippen LogP contribution in [0.2, 0.25) is 0 Å². The maximum Gasteiger partial charge on any atom is 0.410 e. The third-order valence-electron chi connectivity index (χ3n) is 7.47. The van der Waals surface area contributed by atoms with Gasteiger partial charge in [0.25, 0.3) is 5.91 Å². The van der Waals surface area contributed by atoms with Gasteiger partial charge >= 0.3 is 6.09 Å². The minimum atomic E-state index is -0.610. The molecule has 0 unspecified atom stereocenters. The van der Waals surface area contributed by atoms with Crippen molar-refractivity contribution in [1.82, 2.24) is 24.7 Å². The molecule has 0 bridgehead atoms. The van der Waals surface area contributed by atoms with Crippen LogP contribution in [0.1, 0.15) is 48.3 Å². The highest BCUT2D eigenvalue weighted by atomic mass is 16.6. The summed E-state index contributed by atoms with van der Waals surface area (Å²) in [5.74, 6) is 0.133. The number of ether oxygens (including phenoxy) is 2. The first-order valence-electron chi connectivity index (χ1n) is 13.7. The van der Waals surface area contributed by atoms with Crippen molar-refractivity contribution in [2.45, 2.75) is 44.4 Å². The number of amides is 2. The Bertz CT molecular complexity index is 1270. The zero-order valence-corrected chi connectivity index (χ0v) is 23.6. The molecule has 3 heterocycles. The number of nitrogens with zero attached hydrogens (tertiary/aromatic N) is 5. The van der Waals surface area contributed by atoms with Crippen LogP contribution in [0.25, 0.3) is 0 Å². The van der Waals surface area contributed by atoms with Crippen LogP contribution in [-0.4, -0.2) is 94.2 Å². The number of carbonyl (C=O) groups is 2. The Morgan fingerprint density at radius 2 is 1.50 bits per heavy atom. The molecule has 0 radical (unpaired) electrons. The number of hydrogen-bond acceptors (Lipinski definition) is 7. The maximum absolute atomic E-state index is 13.4. The molecule has 5 rings (SSSR count). The molecule has 2 fully saturated rings. The van der Waals surface area contributed by atoms with E-state index in [1.54, 1.807) is 4.90 Å². The summed E-state index contributed by atoms with van der Waals surface area (Å²) in [6.45, 7) is 8.32. The third kappa shape index (κ3) is 6.09. The van der Waals surface area contributed by atoms with E-state index in [2.05, 4.69) is 63.4 Å². The summed E-state index contributed by atoms with van der Waals surface area (Å²) in [6.07, 6.45) is 2.61. The van der Waals surface area contributed by atoms with Crippen molar-refractivity contribution in [2.75, 3.05) is 39.8 Å². The standard InChI is InChI=1S/C31H37N5O4/c1-31(2,3)40-30(38)35-20-24-19-34(29(37)25-17-32-18-27(33-25)39-4)15-16-36(24)26(21-35)28(22-11-7-5-8-12-22)23-13-9-6-10-14-23/h5-14,17-18,24,26,28H,15-16,19-21H2,1-4H3/t24-,26-/m0/s1. The van der Waals surface area contributed by atoms with Crippen LogP contribution in [0.4, 0.5) is 4.79 Å². The molecular weight excluding hydrogens is 506 g/mol. The van der Waals surface area contributed by atoms with Crippen LogP contribution in [-0.2, 0) is 4.74 Å². The Kier molecular flexibility index (Phi) is 8.02. The van der Waals surface area contributed by atoms with E-state index in [0.717, 1.165) is 0 Å². The van der Waals surface area contributed by atoms with E-state index < -0.39 is 5.60 Å². The molecule has 2 aromatic carbocycles. The van der Waals surface area contributed by atoms with E-state index in [0.29, 0.717) is 38.6 Å². The lowest BCUT2D eigenvalue weighted by Crippen LogP contribution is -2.68. The lowest BCUT2D eigenvalue weighted by atomic mass is 9.82. The van der Waals surface area contributed by atoms with Gasteiger partial charge in [0.1, 0.15) is 5.60 Å². The van der Waals surface area contributed by atoms with Crippen LogP contribution in [0.15, 0.2) is 73.1 Å². The summed E-state index contributed by atoms with van der Waals surface area (Å²) >= 11 is 0. The van der Waals surface area contributed by atoms with E-state index in [1.807, 2.05) is 37.8 Å². The number of fused-ring (bicyclic) bond motifs is 1. The first-order chi connectivity index (χ1) is 19.2. The fourth-order valence-electron chi connectivity index (χ4n) is 5.75. The SMILES string of the molecule is COc1cncc(C(=O)N2CCN3[C@H](CN(C(=O)OC(C)(C)C)C[C@H]3C(c3ccccc3)c3ccccc3)C2)n1. The molecule has 2 atom stereocenters. The van der Waals surface area contributed by atoms with Crippen molar-refractivity contribution >= 4 is 12.0 Å². The highest BCUT2D eigenvalue weighted by Gasteiger charge is 2.45. The molecule has 2 aliphatic heterocycles. The fourth-order valence-corrected chi connectivity index (χ4v) is 5.75. The van der Waals surface area contributed by atoms with Gasteiger partial charge in [0, 0.05) is 50.7 Å². The lowest BCUT2D eigenvalue weighted by molar-refractivity contribution is -0.0387. The van der Waals surface area contributed by atoms with Gasteiger partial charge in [-0.3, -0.25) is 14.7 Å². The zero-order chi connectivity index (χ0) is 28.3. The summed E-state index contributed by atoms with van der Waals surface area (Å²) in [5.41, 5.74) is 2.01. The molecule has 9 nitrogen and oxygen atoms in total. The number of carbonyl (C=O) groups excluding carboxylic acids is 2. The van der Waals surface area contributed by atoms with Crippen molar-refractivity contribution in [3.05, 3.63) is 89.9 Å². The minimum Gasteiger partial charge on any atom is -0.480 e. The Morgan fingerprint density at radius 1 is 0.875 bits per heavy atom. The van der Waals surface area contributed by atoms with E-state index in [-0.39, 0.29) is 35.7 Å². The van der Waals surface area contributed by atoms with Crippen LogP contribution >= 0.6 is 0 Å². The second-order valence-electron chi connectivity index (χ2n) is 11.3. The van der Waals surface area contributed by atoms with Gasteiger partial charge in [-0.05, 0) is 31.9 Å². The number of aromatic nitrogens is 2. The number of rotatable bonds is 5. The van der Waals surface area contributed by atoms with E-state index in [1.165, 1.54) is 30.6 Å². The van der Waals surface area contributed by atoms with Crippen molar-refractivity contribution in [1.29, 1.82) is 0 Å². The Morgan fingerprint density at radius 3 is 2.10 bits per heavy atom. The summed E-state index contributed by atoms with van der Waals surface area (Å²) in [4.78, 5) is 41.4. The third-order valence-corrected chi connectivity index (χ3v) is 7.47. The quantitative estimate of drug-likeness (QED) is 0.480. The highest BCUT2D eigenvalue weighted by molar-refractivity contribution is 5.92. The molecule has 0 N–H and O–H groups in total. The first kappa shape index (κ1) is 27.6. The highest BCUT2D eigenvalue weighted by Crippen LogP contribution is 2.36. The Balaban J connectivity index is 1.48. The van der Waals surface area contributed by atoms with E-state index >= 15 is 0 Å². The van der Waals surface area contributed by atoms with Gasteiger partial charge in [-0.1, -0.05) is 60.7 Å². The van der Waals surface area contributed by atoms with Gasteiger partial charge in [0.05, 0.1) is 19.5 Å². The molecular formula is C31H37N5O4. The number of piperazine rings is 2. The zero-order valence-electron chi connectivity index (χ0n) is 23.6. The monoisotopic (exact) mass is 543 g/mol. The van der Waals surface area contributed by atoms with Crippen LogP contribution < -0.4 is 4.74 Å². The molecule has 0 saturated carbocycles. The van der Waals surface area contributed by atoms with Crippen molar-refractivity contribution in [2.24, 2.45) is 0 Å². The normalized spacial score (nSPS) is 19.7. The number of hydrogen-bond donors (Lipinski definition) is 0. The average molecular weight is 544 g/mol. The molecule has 0 aliphatic carbocycles. The van der Waals surface area contributed by atoms with Crippen molar-refractivity contribution in [3.8, 4) is 5.88 Å². The molecule has 2 aliphatic rings. The number of methoxy groups -OCH3 is 1. The first-order valence-corrected chi connectivity index (χ1v) is 13.7. The molecule has 9 heteroatoms. The van der Waals surface area contributed by atoms with Gasteiger partial charge in [-0.2, -0.15) is 0 Å². The summed E-state index contributed by atoms with van der Waals surface area (Å²) in [5, 5.41) is 0. The largest absolute Gasteiger partial charge is 0.480 e. The van der Waals surface area contributed by atoms with Crippen LogP contribution in [0.3, 0.4) is 0 Å². The molecule has 210 valence electrons. The van der Waals surface area contributed by atoms with Crippen LogP contribution in [0, 0.1) is 0 Å². The predicted octanol–water partition coefficient (Wildman–Crippen LogP) is 4.06. The second-order valence-corrected chi connectivity index (χ2v) is 11.3. The molecule has 2 amide bonds. The van der Waals surface area contributed by atoms with Gasteiger partial charge in [-0.25, -0.2) is 9.78 Å². The minimum absolute atomic E-state index is 0.00932. The molecule has 40 heavy (non-hydrogen) atoms. The van der Waals surface area contributed by atoms with Crippen molar-refractivity contribution < 1.29 is 19.1 Å². The summed E-state index contributed by atoms with van der Waals surface area (Å²) in [6, 6.07) is 20.8. The maximum atomic E-state index is 13.4. The van der Waals surface area contributed by atoms with Crippen molar-refractivity contribution in [3.63, 3.8) is 0 Å². The summed E-state index contributed by atoms with van der Waals surface area (Å²) in [7, 11) is 1.50. The van der Waals surface area contributed by atoms with Crippen LogP contribution in [0.5, 0.6) is 5.88 Å². The molecule has 0 spiro atoms. The van der Waals surface area contributed by atoms with Gasteiger partial charge in [-0.15, -0.1) is 0 Å². The Labute approximate surface area is 235 Å². The molecule has 2 saturated heterocycles. The van der Waals surface area contributed by atoms with Gasteiger partial charge in [0.15, 0.2) is 5.69 Å². The lowest BCUT2D eigenvalue weighted by Gasteiger charge is -2.53. The Hall–Kier alpha value is -3.98.